The lowest BCUT2D eigenvalue weighted by Gasteiger charge is -2.22. The summed E-state index contributed by atoms with van der Waals surface area (Å²) < 4.78 is 26.8. The molecule has 1 aromatic heterocycles. The first kappa shape index (κ1) is 15.0. The van der Waals surface area contributed by atoms with E-state index < -0.39 is 10.0 Å². The lowest BCUT2D eigenvalue weighted by molar-refractivity contribution is 0.400. The number of hydrogen-bond donors (Lipinski definition) is 2. The van der Waals surface area contributed by atoms with E-state index in [4.69, 9.17) is 0 Å². The van der Waals surface area contributed by atoms with Gasteiger partial charge >= 0.3 is 0 Å². The summed E-state index contributed by atoms with van der Waals surface area (Å²) in [5.41, 5.74) is 1.23. The summed E-state index contributed by atoms with van der Waals surface area (Å²) in [6, 6.07) is 2.06. The Labute approximate surface area is 119 Å². The Morgan fingerprint density at radius 1 is 1.37 bits per heavy atom. The number of piperidine rings is 1. The van der Waals surface area contributed by atoms with E-state index in [0.717, 1.165) is 30.8 Å². The van der Waals surface area contributed by atoms with Crippen molar-refractivity contribution in [1.82, 2.24) is 10.0 Å². The van der Waals surface area contributed by atoms with E-state index in [1.165, 1.54) is 10.4 Å². The van der Waals surface area contributed by atoms with Gasteiger partial charge in [0, 0.05) is 16.3 Å². The molecular weight excluding hydrogens is 280 g/mol. The second kappa shape index (κ2) is 6.35. The highest BCUT2D eigenvalue weighted by Crippen LogP contribution is 2.21. The van der Waals surface area contributed by atoms with Crippen LogP contribution < -0.4 is 10.0 Å². The minimum Gasteiger partial charge on any atom is -0.317 e. The number of nitrogens with one attached hydrogen (secondary N) is 2. The van der Waals surface area contributed by atoms with Crippen LogP contribution in [0.3, 0.4) is 0 Å². The Bertz CT molecular complexity index is 497. The van der Waals surface area contributed by atoms with Crippen LogP contribution in [-0.2, 0) is 16.6 Å². The fourth-order valence-corrected chi connectivity index (χ4v) is 4.87. The molecule has 0 aromatic carbocycles. The fraction of sp³-hybridized carbons (Fsp3) is 0.692. The zero-order chi connectivity index (χ0) is 13.9. The topological polar surface area (TPSA) is 58.2 Å². The number of rotatable bonds is 5. The molecule has 0 bridgehead atoms. The monoisotopic (exact) mass is 302 g/mol. The molecule has 0 unspecified atom stereocenters. The maximum absolute atomic E-state index is 12.0. The van der Waals surface area contributed by atoms with Crippen molar-refractivity contribution < 1.29 is 8.42 Å². The van der Waals surface area contributed by atoms with E-state index in [2.05, 4.69) is 30.0 Å². The first-order valence-electron chi connectivity index (χ1n) is 6.70. The van der Waals surface area contributed by atoms with Gasteiger partial charge < -0.3 is 5.32 Å². The van der Waals surface area contributed by atoms with Crippen LogP contribution in [0.15, 0.2) is 6.07 Å². The van der Waals surface area contributed by atoms with Gasteiger partial charge in [-0.3, -0.25) is 0 Å². The normalized spacial score (nSPS) is 17.8. The van der Waals surface area contributed by atoms with E-state index in [1.54, 1.807) is 11.3 Å². The van der Waals surface area contributed by atoms with Crippen LogP contribution in [0.1, 0.15) is 28.2 Å². The Morgan fingerprint density at radius 2 is 2.05 bits per heavy atom. The SMILES string of the molecule is Cc1cc(CNS(=O)(=O)CC2CCNCC2)sc1C. The third kappa shape index (κ3) is 4.56. The van der Waals surface area contributed by atoms with Crippen LogP contribution in [0.25, 0.3) is 0 Å². The largest absolute Gasteiger partial charge is 0.317 e. The van der Waals surface area contributed by atoms with E-state index in [0.29, 0.717) is 12.5 Å². The van der Waals surface area contributed by atoms with E-state index in [-0.39, 0.29) is 5.75 Å². The summed E-state index contributed by atoms with van der Waals surface area (Å²) in [7, 11) is -3.15. The molecule has 0 saturated carbocycles. The molecule has 0 radical (unpaired) electrons. The second-order valence-electron chi connectivity index (χ2n) is 5.25. The van der Waals surface area contributed by atoms with Crippen molar-refractivity contribution in [2.45, 2.75) is 33.2 Å². The maximum Gasteiger partial charge on any atom is 0.212 e. The van der Waals surface area contributed by atoms with Crippen molar-refractivity contribution in [3.8, 4) is 0 Å². The highest BCUT2D eigenvalue weighted by Gasteiger charge is 2.21. The molecule has 0 aliphatic carbocycles. The quantitative estimate of drug-likeness (QED) is 0.872. The lowest BCUT2D eigenvalue weighted by atomic mass is 10.0. The van der Waals surface area contributed by atoms with Gasteiger partial charge in [0.15, 0.2) is 0 Å². The van der Waals surface area contributed by atoms with Crippen LogP contribution in [-0.4, -0.2) is 27.3 Å². The first-order chi connectivity index (χ1) is 8.96. The number of aryl methyl sites for hydroxylation is 2. The molecule has 6 heteroatoms. The minimum atomic E-state index is -3.15. The zero-order valence-electron chi connectivity index (χ0n) is 11.5. The predicted molar refractivity (Wildman–Crippen MR) is 80.0 cm³/mol. The molecule has 0 spiro atoms. The van der Waals surface area contributed by atoms with Crippen molar-refractivity contribution in [1.29, 1.82) is 0 Å². The van der Waals surface area contributed by atoms with Gasteiger partial charge in [0.2, 0.25) is 10.0 Å². The van der Waals surface area contributed by atoms with Gasteiger partial charge in [-0.05, 0) is 57.3 Å². The Kier molecular flexibility index (Phi) is 5.00. The summed E-state index contributed by atoms with van der Waals surface area (Å²) in [5.74, 6) is 0.559. The summed E-state index contributed by atoms with van der Waals surface area (Å²) >= 11 is 1.66. The Morgan fingerprint density at radius 3 is 2.63 bits per heavy atom. The fourth-order valence-electron chi connectivity index (χ4n) is 2.34. The molecule has 1 aliphatic rings. The van der Waals surface area contributed by atoms with Crippen molar-refractivity contribution in [3.05, 3.63) is 21.4 Å². The maximum atomic E-state index is 12.0. The Hall–Kier alpha value is -0.430. The molecule has 1 aromatic rings. The predicted octanol–water partition coefficient (Wildman–Crippen LogP) is 1.78. The van der Waals surface area contributed by atoms with E-state index >= 15 is 0 Å². The molecule has 0 atom stereocenters. The van der Waals surface area contributed by atoms with Gasteiger partial charge in [-0.1, -0.05) is 0 Å². The van der Waals surface area contributed by atoms with Gasteiger partial charge in [0.1, 0.15) is 0 Å². The third-order valence-corrected chi connectivity index (χ3v) is 6.24. The highest BCUT2D eigenvalue weighted by atomic mass is 32.2. The molecular formula is C13H22N2O2S2. The number of hydrogen-bond acceptors (Lipinski definition) is 4. The molecule has 2 heterocycles. The molecule has 2 rings (SSSR count). The minimum absolute atomic E-state index is 0.262. The summed E-state index contributed by atoms with van der Waals surface area (Å²) in [5, 5.41) is 3.25. The van der Waals surface area contributed by atoms with E-state index in [9.17, 15) is 8.42 Å². The molecule has 19 heavy (non-hydrogen) atoms. The molecule has 4 nitrogen and oxygen atoms in total. The summed E-state index contributed by atoms with van der Waals surface area (Å²) in [4.78, 5) is 2.34. The van der Waals surface area contributed by atoms with Gasteiger partial charge in [0.05, 0.1) is 5.75 Å². The van der Waals surface area contributed by atoms with Crippen molar-refractivity contribution >= 4 is 21.4 Å². The van der Waals surface area contributed by atoms with E-state index in [1.807, 2.05) is 0 Å². The number of sulfonamides is 1. The average Bonchev–Trinajstić information content (AvgIpc) is 2.67. The molecule has 1 aliphatic heterocycles. The molecule has 1 saturated heterocycles. The second-order valence-corrected chi connectivity index (χ2v) is 8.44. The average molecular weight is 302 g/mol. The standard InChI is InChI=1S/C13H22N2O2S2/c1-10-7-13(18-11(10)2)8-15-19(16,17)9-12-3-5-14-6-4-12/h7,12,14-15H,3-6,8-9H2,1-2H3. The summed E-state index contributed by atoms with van der Waals surface area (Å²) in [6.07, 6.45) is 1.91. The Balaban J connectivity index is 1.86. The molecule has 0 amide bonds. The smallest absolute Gasteiger partial charge is 0.212 e. The van der Waals surface area contributed by atoms with Crippen molar-refractivity contribution in [2.24, 2.45) is 5.92 Å². The van der Waals surface area contributed by atoms with Crippen LogP contribution in [0.4, 0.5) is 0 Å². The highest BCUT2D eigenvalue weighted by molar-refractivity contribution is 7.89. The molecule has 1 fully saturated rings. The first-order valence-corrected chi connectivity index (χ1v) is 9.17. The molecule has 2 N–H and O–H groups in total. The molecule has 108 valence electrons. The van der Waals surface area contributed by atoms with Crippen LogP contribution in [0.5, 0.6) is 0 Å². The van der Waals surface area contributed by atoms with Gasteiger partial charge in [-0.2, -0.15) is 0 Å². The van der Waals surface area contributed by atoms with Gasteiger partial charge in [-0.15, -0.1) is 11.3 Å². The van der Waals surface area contributed by atoms with Crippen LogP contribution in [0, 0.1) is 19.8 Å². The zero-order valence-corrected chi connectivity index (χ0v) is 13.2. The van der Waals surface area contributed by atoms with Crippen molar-refractivity contribution in [3.63, 3.8) is 0 Å². The van der Waals surface area contributed by atoms with Crippen molar-refractivity contribution in [2.75, 3.05) is 18.8 Å². The lowest BCUT2D eigenvalue weighted by Crippen LogP contribution is -2.35. The van der Waals surface area contributed by atoms with Gasteiger partial charge in [-0.25, -0.2) is 13.1 Å². The summed E-state index contributed by atoms with van der Waals surface area (Å²) in [6.45, 7) is 6.41. The number of thiophene rings is 1. The van der Waals surface area contributed by atoms with Gasteiger partial charge in [0.25, 0.3) is 0 Å². The van der Waals surface area contributed by atoms with Crippen LogP contribution in [0.2, 0.25) is 0 Å². The third-order valence-electron chi connectivity index (χ3n) is 3.60. The van der Waals surface area contributed by atoms with Crippen LogP contribution >= 0.6 is 11.3 Å².